The first kappa shape index (κ1) is 15.9. The summed E-state index contributed by atoms with van der Waals surface area (Å²) in [4.78, 5) is 17.7. The van der Waals surface area contributed by atoms with Gasteiger partial charge in [-0.15, -0.1) is 0 Å². The highest BCUT2D eigenvalue weighted by Crippen LogP contribution is 2.20. The van der Waals surface area contributed by atoms with Crippen LogP contribution in [-0.4, -0.2) is 54.3 Å². The van der Waals surface area contributed by atoms with Crippen molar-refractivity contribution in [3.8, 4) is 0 Å². The molecule has 0 aromatic rings. The Morgan fingerprint density at radius 3 is 2.57 bits per heavy atom. The lowest BCUT2D eigenvalue weighted by Gasteiger charge is -2.34. The molecule has 0 bridgehead atoms. The van der Waals surface area contributed by atoms with Crippen LogP contribution in [0.5, 0.6) is 0 Å². The molecule has 2 aliphatic heterocycles. The maximum atomic E-state index is 12.0. The highest BCUT2D eigenvalue weighted by molar-refractivity contribution is 5.68. The fourth-order valence-corrected chi connectivity index (χ4v) is 2.43. The Balaban J connectivity index is 1.78. The molecule has 0 radical (unpaired) electrons. The predicted octanol–water partition coefficient (Wildman–Crippen LogP) is 1.69. The summed E-state index contributed by atoms with van der Waals surface area (Å²) in [5.41, 5.74) is 5.97. The van der Waals surface area contributed by atoms with Crippen molar-refractivity contribution < 1.29 is 14.3 Å². The third kappa shape index (κ3) is 4.76. The fourth-order valence-electron chi connectivity index (χ4n) is 2.43. The van der Waals surface area contributed by atoms with Gasteiger partial charge in [-0.1, -0.05) is 0 Å². The van der Waals surface area contributed by atoms with Gasteiger partial charge >= 0.3 is 6.09 Å². The van der Waals surface area contributed by atoms with Gasteiger partial charge in [0.1, 0.15) is 11.7 Å². The average molecular weight is 295 g/mol. The average Bonchev–Trinajstić information content (AvgIpc) is 2.40. The number of rotatable bonds is 2. The van der Waals surface area contributed by atoms with Crippen LogP contribution >= 0.6 is 0 Å². The van der Waals surface area contributed by atoms with Crippen molar-refractivity contribution in [3.05, 3.63) is 5.70 Å². The van der Waals surface area contributed by atoms with Gasteiger partial charge in [-0.2, -0.15) is 0 Å². The number of carbonyl (C=O) groups excluding carboxylic acids is 1. The molecule has 6 heteroatoms. The number of amides is 1. The summed E-state index contributed by atoms with van der Waals surface area (Å²) in [5.74, 6) is 2.78. The van der Waals surface area contributed by atoms with Crippen LogP contribution in [0.15, 0.2) is 10.7 Å². The minimum Gasteiger partial charge on any atom is -0.444 e. The topological polar surface area (TPSA) is 77.1 Å². The molecule has 2 aliphatic rings. The largest absolute Gasteiger partial charge is 0.444 e. The lowest BCUT2D eigenvalue weighted by molar-refractivity contribution is -0.0357. The van der Waals surface area contributed by atoms with Gasteiger partial charge < -0.3 is 20.1 Å². The molecule has 2 rings (SSSR count). The number of hydrogen-bond acceptors (Lipinski definition) is 5. The zero-order valence-corrected chi connectivity index (χ0v) is 13.1. The Kier molecular flexibility index (Phi) is 4.91. The first-order valence-electron chi connectivity index (χ1n) is 7.53. The van der Waals surface area contributed by atoms with Crippen LogP contribution in [0.3, 0.4) is 0 Å². The minimum atomic E-state index is -0.453. The summed E-state index contributed by atoms with van der Waals surface area (Å²) in [6, 6.07) is 0. The van der Waals surface area contributed by atoms with Gasteiger partial charge in [0.2, 0.25) is 0 Å². The zero-order chi connectivity index (χ0) is 15.5. The maximum Gasteiger partial charge on any atom is 0.410 e. The van der Waals surface area contributed by atoms with E-state index >= 15 is 0 Å². The van der Waals surface area contributed by atoms with Crippen LogP contribution in [0.25, 0.3) is 0 Å². The van der Waals surface area contributed by atoms with E-state index in [0.29, 0.717) is 25.3 Å². The highest BCUT2D eigenvalue weighted by Gasteiger charge is 2.29. The van der Waals surface area contributed by atoms with Crippen molar-refractivity contribution in [1.82, 2.24) is 4.90 Å². The fraction of sp³-hybridized carbons (Fsp3) is 0.800. The molecule has 118 valence electrons. The third-order valence-electron chi connectivity index (χ3n) is 3.51. The van der Waals surface area contributed by atoms with E-state index in [1.54, 1.807) is 4.90 Å². The lowest BCUT2D eigenvalue weighted by Crippen LogP contribution is -2.44. The van der Waals surface area contributed by atoms with E-state index in [4.69, 9.17) is 15.2 Å². The van der Waals surface area contributed by atoms with E-state index in [2.05, 4.69) is 10.9 Å². The summed E-state index contributed by atoms with van der Waals surface area (Å²) in [6.45, 7) is 7.65. The molecule has 1 atom stereocenters. The number of likely N-dealkylation sites (tertiary alicyclic amines) is 1. The zero-order valence-electron chi connectivity index (χ0n) is 13.1. The summed E-state index contributed by atoms with van der Waals surface area (Å²) in [7, 11) is 0. The van der Waals surface area contributed by atoms with Crippen LogP contribution in [0.1, 0.15) is 40.0 Å². The Morgan fingerprint density at radius 1 is 1.33 bits per heavy atom. The molecule has 1 fully saturated rings. The van der Waals surface area contributed by atoms with E-state index in [1.807, 2.05) is 20.8 Å². The molecule has 0 aromatic heterocycles. The SMILES string of the molecule is CC(C)(C)OC(=O)N1CCC(OC2CCN=C=C2N)CC1. The second-order valence-corrected chi connectivity index (χ2v) is 6.53. The van der Waals surface area contributed by atoms with Gasteiger partial charge in [0.15, 0.2) is 0 Å². The molecular formula is C15H25N3O3. The number of hydrogen-bond donors (Lipinski definition) is 1. The van der Waals surface area contributed by atoms with E-state index in [-0.39, 0.29) is 18.3 Å². The number of ether oxygens (including phenoxy) is 2. The summed E-state index contributed by atoms with van der Waals surface area (Å²) < 4.78 is 11.4. The standard InChI is InChI=1S/C15H25N3O3/c1-15(2,3)21-14(19)18-8-5-11(6-9-18)20-13-4-7-17-10-12(13)16/h11,13H,4-9,16H2,1-3H3. The van der Waals surface area contributed by atoms with Crippen molar-refractivity contribution in [2.24, 2.45) is 10.7 Å². The number of nitrogens with zero attached hydrogens (tertiary/aromatic N) is 2. The van der Waals surface area contributed by atoms with Gasteiger partial charge in [0.05, 0.1) is 18.3 Å². The monoisotopic (exact) mass is 295 g/mol. The first-order valence-corrected chi connectivity index (χ1v) is 7.53. The summed E-state index contributed by atoms with van der Waals surface area (Å²) in [5, 5.41) is 0. The van der Waals surface area contributed by atoms with Crippen LogP contribution in [0.2, 0.25) is 0 Å². The Hall–Kier alpha value is -1.52. The molecule has 0 saturated carbocycles. The third-order valence-corrected chi connectivity index (χ3v) is 3.51. The van der Waals surface area contributed by atoms with Crippen molar-refractivity contribution in [2.75, 3.05) is 19.6 Å². The Morgan fingerprint density at radius 2 is 2.00 bits per heavy atom. The van der Waals surface area contributed by atoms with Gasteiger partial charge in [-0.3, -0.25) is 0 Å². The quantitative estimate of drug-likeness (QED) is 0.841. The van der Waals surface area contributed by atoms with E-state index in [9.17, 15) is 4.79 Å². The summed E-state index contributed by atoms with van der Waals surface area (Å²) in [6.07, 6.45) is 2.23. The van der Waals surface area contributed by atoms with E-state index < -0.39 is 5.60 Å². The van der Waals surface area contributed by atoms with Crippen molar-refractivity contribution in [3.63, 3.8) is 0 Å². The van der Waals surface area contributed by atoms with Crippen molar-refractivity contribution in [1.29, 1.82) is 0 Å². The lowest BCUT2D eigenvalue weighted by atomic mass is 10.1. The van der Waals surface area contributed by atoms with Crippen LogP contribution in [0, 0.1) is 0 Å². The Bertz CT molecular complexity index is 442. The molecule has 0 aromatic carbocycles. The normalized spacial score (nSPS) is 23.9. The molecule has 21 heavy (non-hydrogen) atoms. The predicted molar refractivity (Wildman–Crippen MR) is 80.3 cm³/mol. The smallest absolute Gasteiger partial charge is 0.410 e. The number of carbonyl (C=O) groups is 1. The van der Waals surface area contributed by atoms with Crippen molar-refractivity contribution >= 4 is 12.0 Å². The molecular weight excluding hydrogens is 270 g/mol. The molecule has 2 heterocycles. The minimum absolute atomic E-state index is 0.0828. The molecule has 0 spiro atoms. The highest BCUT2D eigenvalue weighted by atomic mass is 16.6. The second-order valence-electron chi connectivity index (χ2n) is 6.53. The molecule has 1 saturated heterocycles. The van der Waals surface area contributed by atoms with Gasteiger partial charge in [0.25, 0.3) is 0 Å². The molecule has 1 amide bonds. The maximum absolute atomic E-state index is 12.0. The van der Waals surface area contributed by atoms with Gasteiger partial charge in [-0.25, -0.2) is 9.79 Å². The number of piperidine rings is 1. The summed E-state index contributed by atoms with van der Waals surface area (Å²) >= 11 is 0. The van der Waals surface area contributed by atoms with E-state index in [0.717, 1.165) is 19.3 Å². The number of aliphatic imine (C=N–C) groups is 1. The van der Waals surface area contributed by atoms with Crippen LogP contribution < -0.4 is 5.73 Å². The van der Waals surface area contributed by atoms with Crippen LogP contribution in [-0.2, 0) is 9.47 Å². The first-order chi connectivity index (χ1) is 9.85. The second kappa shape index (κ2) is 6.50. The van der Waals surface area contributed by atoms with E-state index in [1.165, 1.54) is 0 Å². The van der Waals surface area contributed by atoms with Crippen molar-refractivity contribution in [2.45, 2.75) is 57.8 Å². The number of nitrogens with two attached hydrogens (primary N) is 1. The van der Waals surface area contributed by atoms with Gasteiger partial charge in [0, 0.05) is 25.4 Å². The molecule has 6 nitrogen and oxygen atoms in total. The molecule has 1 unspecified atom stereocenters. The molecule has 2 N–H and O–H groups in total. The molecule has 0 aliphatic carbocycles. The van der Waals surface area contributed by atoms with Crippen LogP contribution in [0.4, 0.5) is 4.79 Å². The van der Waals surface area contributed by atoms with Gasteiger partial charge in [-0.05, 0) is 33.6 Å². The Labute approximate surface area is 126 Å².